The summed E-state index contributed by atoms with van der Waals surface area (Å²) in [6.07, 6.45) is 1.15. The molecule has 0 spiro atoms. The minimum Gasteiger partial charge on any atom is -0.378 e. The number of aryl methyl sites for hydroxylation is 1. The van der Waals surface area contributed by atoms with Crippen LogP contribution in [0.5, 0.6) is 0 Å². The summed E-state index contributed by atoms with van der Waals surface area (Å²) in [6.45, 7) is 2.94. The van der Waals surface area contributed by atoms with Gasteiger partial charge in [-0.15, -0.1) is 0 Å². The molecule has 1 aliphatic heterocycles. The summed E-state index contributed by atoms with van der Waals surface area (Å²) < 4.78 is 5.37. The summed E-state index contributed by atoms with van der Waals surface area (Å²) >= 11 is 0. The van der Waals surface area contributed by atoms with Crippen LogP contribution in [0.15, 0.2) is 54.6 Å². The molecule has 1 aliphatic rings. The van der Waals surface area contributed by atoms with Gasteiger partial charge in [0.25, 0.3) is 0 Å². The van der Waals surface area contributed by atoms with Gasteiger partial charge in [-0.1, -0.05) is 42.5 Å². The number of carbonyl (C=O) groups excluding carboxylic acids is 2. The summed E-state index contributed by atoms with van der Waals surface area (Å²) in [7, 11) is 0. The standard InChI is InChI=1S/C22H27N3O3/c23-16-21(26)11-10-18-6-8-19(9-7-18)17-25(20-4-2-1-3-5-20)22(27)24-12-14-28-15-13-24/h1-9H,10-17,23H2. The number of hydrogen-bond donors (Lipinski definition) is 1. The number of Topliss-reactive ketones (excluding diaryl/α,β-unsaturated/α-hetero) is 1. The van der Waals surface area contributed by atoms with Gasteiger partial charge >= 0.3 is 6.03 Å². The molecule has 2 aromatic carbocycles. The second-order valence-electron chi connectivity index (χ2n) is 6.86. The van der Waals surface area contributed by atoms with Gasteiger partial charge in [0.1, 0.15) is 5.78 Å². The first-order valence-electron chi connectivity index (χ1n) is 9.66. The van der Waals surface area contributed by atoms with Gasteiger partial charge in [0.2, 0.25) is 0 Å². The van der Waals surface area contributed by atoms with Crippen molar-refractivity contribution in [2.45, 2.75) is 19.4 Å². The molecule has 1 saturated heterocycles. The lowest BCUT2D eigenvalue weighted by molar-refractivity contribution is -0.117. The molecule has 1 heterocycles. The topological polar surface area (TPSA) is 75.9 Å². The maximum atomic E-state index is 13.1. The van der Waals surface area contributed by atoms with Crippen LogP contribution in [0.3, 0.4) is 0 Å². The lowest BCUT2D eigenvalue weighted by Gasteiger charge is -2.33. The Kier molecular flexibility index (Phi) is 7.17. The Labute approximate surface area is 165 Å². The van der Waals surface area contributed by atoms with Gasteiger partial charge in [-0.3, -0.25) is 9.69 Å². The molecular formula is C22H27N3O3. The summed E-state index contributed by atoms with van der Waals surface area (Å²) in [5.41, 5.74) is 8.37. The van der Waals surface area contributed by atoms with Crippen LogP contribution in [-0.4, -0.2) is 49.6 Å². The molecule has 0 aromatic heterocycles. The van der Waals surface area contributed by atoms with E-state index in [9.17, 15) is 9.59 Å². The molecule has 1 fully saturated rings. The van der Waals surface area contributed by atoms with Crippen molar-refractivity contribution >= 4 is 17.5 Å². The highest BCUT2D eigenvalue weighted by molar-refractivity contribution is 5.92. The average Bonchev–Trinajstić information content (AvgIpc) is 2.77. The molecule has 2 amide bonds. The number of nitrogens with zero attached hydrogens (tertiary/aromatic N) is 2. The van der Waals surface area contributed by atoms with E-state index in [1.165, 1.54) is 0 Å². The third-order valence-electron chi connectivity index (χ3n) is 4.86. The number of anilines is 1. The van der Waals surface area contributed by atoms with Gasteiger partial charge in [0.05, 0.1) is 26.3 Å². The van der Waals surface area contributed by atoms with Crippen molar-refractivity contribution in [3.05, 3.63) is 65.7 Å². The molecule has 2 N–H and O–H groups in total. The number of hydrogen-bond acceptors (Lipinski definition) is 4. The third-order valence-corrected chi connectivity index (χ3v) is 4.86. The SMILES string of the molecule is NCC(=O)CCc1ccc(CN(C(=O)N2CCOCC2)c2ccccc2)cc1. The van der Waals surface area contributed by atoms with Crippen molar-refractivity contribution in [1.29, 1.82) is 0 Å². The van der Waals surface area contributed by atoms with Crippen molar-refractivity contribution in [1.82, 2.24) is 4.90 Å². The van der Waals surface area contributed by atoms with E-state index in [1.54, 1.807) is 4.90 Å². The van der Waals surface area contributed by atoms with E-state index in [2.05, 4.69) is 0 Å². The molecule has 148 valence electrons. The van der Waals surface area contributed by atoms with E-state index in [1.807, 2.05) is 59.5 Å². The van der Waals surface area contributed by atoms with Crippen molar-refractivity contribution < 1.29 is 14.3 Å². The van der Waals surface area contributed by atoms with Gasteiger partial charge in [-0.25, -0.2) is 4.79 Å². The fourth-order valence-electron chi connectivity index (χ4n) is 3.18. The molecule has 28 heavy (non-hydrogen) atoms. The van der Waals surface area contributed by atoms with Crippen LogP contribution in [0.25, 0.3) is 0 Å². The lowest BCUT2D eigenvalue weighted by atomic mass is 10.1. The highest BCUT2D eigenvalue weighted by Gasteiger charge is 2.24. The third kappa shape index (κ3) is 5.41. The number of amides is 2. The van der Waals surface area contributed by atoms with Gasteiger partial charge in [-0.2, -0.15) is 0 Å². The van der Waals surface area contributed by atoms with Crippen LogP contribution in [-0.2, 0) is 22.5 Å². The Hall–Kier alpha value is -2.70. The second-order valence-corrected chi connectivity index (χ2v) is 6.86. The summed E-state index contributed by atoms with van der Waals surface area (Å²) in [5, 5.41) is 0. The van der Waals surface area contributed by atoms with Crippen LogP contribution in [0.4, 0.5) is 10.5 Å². The van der Waals surface area contributed by atoms with Crippen molar-refractivity contribution in [3.63, 3.8) is 0 Å². The van der Waals surface area contributed by atoms with Crippen LogP contribution in [0.1, 0.15) is 17.5 Å². The quantitative estimate of drug-likeness (QED) is 0.800. The Balaban J connectivity index is 1.72. The smallest absolute Gasteiger partial charge is 0.324 e. The molecule has 0 saturated carbocycles. The number of rotatable bonds is 7. The minimum atomic E-state index is -0.00730. The lowest BCUT2D eigenvalue weighted by Crippen LogP contribution is -2.48. The number of carbonyl (C=O) groups is 2. The number of nitrogens with two attached hydrogens (primary N) is 1. The Morgan fingerprint density at radius 1 is 0.964 bits per heavy atom. The van der Waals surface area contributed by atoms with Crippen molar-refractivity contribution in [3.8, 4) is 0 Å². The Bertz CT molecular complexity index is 771. The molecule has 2 aromatic rings. The van der Waals surface area contributed by atoms with E-state index in [4.69, 9.17) is 10.5 Å². The summed E-state index contributed by atoms with van der Waals surface area (Å²) in [5.74, 6) is 0.0652. The molecule has 0 bridgehead atoms. The number of benzene rings is 2. The molecule has 6 nitrogen and oxygen atoms in total. The van der Waals surface area contributed by atoms with E-state index in [0.29, 0.717) is 45.7 Å². The van der Waals surface area contributed by atoms with Gasteiger partial charge < -0.3 is 15.4 Å². The van der Waals surface area contributed by atoms with Crippen LogP contribution < -0.4 is 10.6 Å². The average molecular weight is 381 g/mol. The second kappa shape index (κ2) is 10.0. The maximum Gasteiger partial charge on any atom is 0.324 e. The highest BCUT2D eigenvalue weighted by Crippen LogP contribution is 2.20. The zero-order valence-corrected chi connectivity index (χ0v) is 16.0. The van der Waals surface area contributed by atoms with Gasteiger partial charge in [0.15, 0.2) is 0 Å². The number of ether oxygens (including phenoxy) is 1. The molecule has 0 radical (unpaired) electrons. The van der Waals surface area contributed by atoms with Gasteiger partial charge in [0, 0.05) is 25.2 Å². The molecule has 0 aliphatic carbocycles. The molecule has 0 atom stereocenters. The maximum absolute atomic E-state index is 13.1. The fourth-order valence-corrected chi connectivity index (χ4v) is 3.18. The Morgan fingerprint density at radius 3 is 2.25 bits per heavy atom. The summed E-state index contributed by atoms with van der Waals surface area (Å²) in [4.78, 5) is 28.2. The fraction of sp³-hybridized carbons (Fsp3) is 0.364. The first kappa shape index (κ1) is 20.0. The van der Waals surface area contributed by atoms with E-state index >= 15 is 0 Å². The highest BCUT2D eigenvalue weighted by atomic mass is 16.5. The molecule has 3 rings (SSSR count). The van der Waals surface area contributed by atoms with Crippen LogP contribution in [0.2, 0.25) is 0 Å². The largest absolute Gasteiger partial charge is 0.378 e. The predicted molar refractivity (Wildman–Crippen MR) is 109 cm³/mol. The Morgan fingerprint density at radius 2 is 1.61 bits per heavy atom. The zero-order valence-electron chi connectivity index (χ0n) is 16.0. The number of morpholine rings is 1. The summed E-state index contributed by atoms with van der Waals surface area (Å²) in [6, 6.07) is 17.8. The molecule has 6 heteroatoms. The van der Waals surface area contributed by atoms with Crippen molar-refractivity contribution in [2.24, 2.45) is 5.73 Å². The monoisotopic (exact) mass is 381 g/mol. The van der Waals surface area contributed by atoms with Gasteiger partial charge in [-0.05, 0) is 29.7 Å². The number of urea groups is 1. The van der Waals surface area contributed by atoms with Crippen molar-refractivity contribution in [2.75, 3.05) is 37.7 Å². The molecule has 0 unspecified atom stereocenters. The number of ketones is 1. The first-order valence-corrected chi connectivity index (χ1v) is 9.66. The van der Waals surface area contributed by atoms with E-state index < -0.39 is 0 Å². The zero-order chi connectivity index (χ0) is 19.8. The van der Waals surface area contributed by atoms with E-state index in [0.717, 1.165) is 16.8 Å². The first-order chi connectivity index (χ1) is 13.7. The minimum absolute atomic E-state index is 0.00730. The van der Waals surface area contributed by atoms with E-state index in [-0.39, 0.29) is 18.4 Å². The van der Waals surface area contributed by atoms with Crippen LogP contribution >= 0.6 is 0 Å². The normalized spacial score (nSPS) is 14.0. The number of para-hydroxylation sites is 1. The van der Waals surface area contributed by atoms with Crippen LogP contribution in [0, 0.1) is 0 Å². The molecular weight excluding hydrogens is 354 g/mol. The predicted octanol–water partition coefficient (Wildman–Crippen LogP) is 2.61.